The maximum Gasteiger partial charge on any atom is 0.335 e. The van der Waals surface area contributed by atoms with Crippen LogP contribution in [0.15, 0.2) is 48.5 Å². The van der Waals surface area contributed by atoms with E-state index in [1.54, 1.807) is 24.3 Å². The lowest BCUT2D eigenvalue weighted by Gasteiger charge is -2.22. The Labute approximate surface area is 164 Å². The summed E-state index contributed by atoms with van der Waals surface area (Å²) in [5.41, 5.74) is 0.867. The first-order valence-corrected chi connectivity index (χ1v) is 9.55. The molecule has 2 aromatic rings. The van der Waals surface area contributed by atoms with Gasteiger partial charge in [-0.05, 0) is 54.7 Å². The van der Waals surface area contributed by atoms with Gasteiger partial charge in [0.25, 0.3) is 0 Å². The highest BCUT2D eigenvalue weighted by molar-refractivity contribution is 6.10. The van der Waals surface area contributed by atoms with Crippen molar-refractivity contribution in [2.24, 2.45) is 5.92 Å². The highest BCUT2D eigenvalue weighted by atomic mass is 16.5. The topological polar surface area (TPSA) is 83.8 Å². The van der Waals surface area contributed by atoms with E-state index in [2.05, 4.69) is 0 Å². The van der Waals surface area contributed by atoms with E-state index in [-0.39, 0.29) is 16.9 Å². The molecule has 146 valence electrons. The summed E-state index contributed by atoms with van der Waals surface area (Å²) in [5.74, 6) is -0.693. The van der Waals surface area contributed by atoms with Gasteiger partial charge in [0.15, 0.2) is 5.78 Å². The van der Waals surface area contributed by atoms with Gasteiger partial charge in [-0.2, -0.15) is 0 Å². The number of hydrogen-bond acceptors (Lipinski definition) is 4. The molecule has 0 amide bonds. The third-order valence-electron chi connectivity index (χ3n) is 5.01. The van der Waals surface area contributed by atoms with Crippen LogP contribution >= 0.6 is 0 Å². The van der Waals surface area contributed by atoms with Crippen LogP contribution in [-0.4, -0.2) is 28.6 Å². The second kappa shape index (κ2) is 9.22. The van der Waals surface area contributed by atoms with Crippen molar-refractivity contribution < 1.29 is 24.5 Å². The Morgan fingerprint density at radius 1 is 1.07 bits per heavy atom. The molecular weight excluding hydrogens is 356 g/mol. The van der Waals surface area contributed by atoms with Crippen molar-refractivity contribution in [3.63, 3.8) is 0 Å². The van der Waals surface area contributed by atoms with Gasteiger partial charge in [-0.1, -0.05) is 43.5 Å². The van der Waals surface area contributed by atoms with Crippen molar-refractivity contribution in [3.8, 4) is 11.5 Å². The van der Waals surface area contributed by atoms with E-state index in [4.69, 9.17) is 9.84 Å². The average Bonchev–Trinajstić information content (AvgIpc) is 2.71. The van der Waals surface area contributed by atoms with Crippen LogP contribution in [0, 0.1) is 5.92 Å². The number of phenols is 1. The zero-order valence-electron chi connectivity index (χ0n) is 15.6. The van der Waals surface area contributed by atoms with Crippen LogP contribution in [-0.2, 0) is 0 Å². The van der Waals surface area contributed by atoms with E-state index >= 15 is 0 Å². The van der Waals surface area contributed by atoms with Crippen LogP contribution in [0.1, 0.15) is 58.4 Å². The van der Waals surface area contributed by atoms with Crippen molar-refractivity contribution in [2.45, 2.75) is 32.1 Å². The van der Waals surface area contributed by atoms with Gasteiger partial charge in [0, 0.05) is 0 Å². The van der Waals surface area contributed by atoms with Crippen LogP contribution in [0.2, 0.25) is 0 Å². The molecule has 0 aromatic heterocycles. The summed E-state index contributed by atoms with van der Waals surface area (Å²) in [5, 5.41) is 19.3. The number of ether oxygens (including phenoxy) is 1. The van der Waals surface area contributed by atoms with Crippen molar-refractivity contribution in [1.29, 1.82) is 0 Å². The molecule has 1 aliphatic carbocycles. The SMILES string of the molecule is O=C(O)c1cccc(/C=C/C(=O)c2c(O)cccc2OCC2CCCCC2)c1. The number of aromatic hydroxyl groups is 1. The number of ketones is 1. The Hall–Kier alpha value is -3.08. The summed E-state index contributed by atoms with van der Waals surface area (Å²) in [6.45, 7) is 0.536. The predicted octanol–water partition coefficient (Wildman–Crippen LogP) is 4.95. The molecule has 0 radical (unpaired) electrons. The molecule has 3 rings (SSSR count). The van der Waals surface area contributed by atoms with Gasteiger partial charge in [-0.15, -0.1) is 0 Å². The van der Waals surface area contributed by atoms with Gasteiger partial charge in [-0.25, -0.2) is 4.79 Å². The fourth-order valence-corrected chi connectivity index (χ4v) is 3.48. The van der Waals surface area contributed by atoms with E-state index in [0.717, 1.165) is 12.8 Å². The van der Waals surface area contributed by atoms with E-state index in [1.807, 2.05) is 0 Å². The molecule has 1 saturated carbocycles. The van der Waals surface area contributed by atoms with Gasteiger partial charge in [0.2, 0.25) is 0 Å². The second-order valence-electron chi connectivity index (χ2n) is 7.09. The summed E-state index contributed by atoms with van der Waals surface area (Å²) in [4.78, 5) is 23.8. The minimum atomic E-state index is -1.03. The van der Waals surface area contributed by atoms with E-state index in [9.17, 15) is 14.7 Å². The van der Waals surface area contributed by atoms with Crippen LogP contribution < -0.4 is 4.74 Å². The number of rotatable bonds is 7. The number of aromatic carboxylic acids is 1. The molecule has 2 aromatic carbocycles. The Kier molecular flexibility index (Phi) is 6.48. The van der Waals surface area contributed by atoms with Gasteiger partial charge < -0.3 is 14.9 Å². The number of benzene rings is 2. The normalized spacial score (nSPS) is 14.9. The predicted molar refractivity (Wildman–Crippen MR) is 107 cm³/mol. The maximum atomic E-state index is 12.7. The van der Waals surface area contributed by atoms with E-state index in [1.165, 1.54) is 49.6 Å². The van der Waals surface area contributed by atoms with Gasteiger partial charge >= 0.3 is 5.97 Å². The smallest absolute Gasteiger partial charge is 0.335 e. The molecule has 0 atom stereocenters. The summed E-state index contributed by atoms with van der Waals surface area (Å²) >= 11 is 0. The molecule has 0 aliphatic heterocycles. The molecule has 28 heavy (non-hydrogen) atoms. The fourth-order valence-electron chi connectivity index (χ4n) is 3.48. The van der Waals surface area contributed by atoms with E-state index in [0.29, 0.717) is 23.8 Å². The molecule has 5 nitrogen and oxygen atoms in total. The standard InChI is InChI=1S/C23H24O5/c24-19-10-5-11-21(28-15-17-6-2-1-3-7-17)22(19)20(25)13-12-16-8-4-9-18(14-16)23(26)27/h4-5,8-14,17,24H,1-3,6-7,15H2,(H,26,27)/b13-12+. The first-order chi connectivity index (χ1) is 13.5. The lowest BCUT2D eigenvalue weighted by Crippen LogP contribution is -2.16. The Bertz CT molecular complexity index is 878. The summed E-state index contributed by atoms with van der Waals surface area (Å²) in [6.07, 6.45) is 8.79. The number of phenolic OH excluding ortho intramolecular Hbond substituents is 1. The highest BCUT2D eigenvalue weighted by Gasteiger charge is 2.18. The Morgan fingerprint density at radius 2 is 1.82 bits per heavy atom. The minimum absolute atomic E-state index is 0.129. The summed E-state index contributed by atoms with van der Waals surface area (Å²) in [7, 11) is 0. The number of hydrogen-bond donors (Lipinski definition) is 2. The highest BCUT2D eigenvalue weighted by Crippen LogP contribution is 2.30. The van der Waals surface area contributed by atoms with Gasteiger partial charge in [-0.3, -0.25) is 4.79 Å². The first kappa shape index (κ1) is 19.7. The quantitative estimate of drug-likeness (QED) is 0.525. The molecular formula is C23H24O5. The van der Waals surface area contributed by atoms with Crippen LogP contribution in [0.3, 0.4) is 0 Å². The first-order valence-electron chi connectivity index (χ1n) is 9.55. The molecule has 1 aliphatic rings. The van der Waals surface area contributed by atoms with Crippen molar-refractivity contribution in [2.75, 3.05) is 6.61 Å². The average molecular weight is 380 g/mol. The largest absolute Gasteiger partial charge is 0.507 e. The second-order valence-corrected chi connectivity index (χ2v) is 7.09. The molecule has 0 saturated heterocycles. The Morgan fingerprint density at radius 3 is 2.57 bits per heavy atom. The summed E-state index contributed by atoms with van der Waals surface area (Å²) < 4.78 is 5.89. The molecule has 5 heteroatoms. The number of carboxylic acid groups (broad SMARTS) is 1. The lowest BCUT2D eigenvalue weighted by molar-refractivity contribution is 0.0696. The Balaban J connectivity index is 1.75. The number of carbonyl (C=O) groups excluding carboxylic acids is 1. The third-order valence-corrected chi connectivity index (χ3v) is 5.01. The molecule has 2 N–H and O–H groups in total. The third kappa shape index (κ3) is 5.00. The molecule has 0 unspecified atom stereocenters. The number of carbonyl (C=O) groups is 2. The molecule has 1 fully saturated rings. The molecule has 0 bridgehead atoms. The van der Waals surface area contributed by atoms with Crippen molar-refractivity contribution in [3.05, 3.63) is 65.2 Å². The zero-order valence-corrected chi connectivity index (χ0v) is 15.6. The molecule has 0 heterocycles. The van der Waals surface area contributed by atoms with Gasteiger partial charge in [0.1, 0.15) is 17.1 Å². The maximum absolute atomic E-state index is 12.7. The van der Waals surface area contributed by atoms with Crippen LogP contribution in [0.5, 0.6) is 11.5 Å². The fraction of sp³-hybridized carbons (Fsp3) is 0.304. The van der Waals surface area contributed by atoms with Crippen molar-refractivity contribution >= 4 is 17.8 Å². The minimum Gasteiger partial charge on any atom is -0.507 e. The lowest BCUT2D eigenvalue weighted by atomic mass is 9.90. The van der Waals surface area contributed by atoms with Crippen molar-refractivity contribution in [1.82, 2.24) is 0 Å². The summed E-state index contributed by atoms with van der Waals surface area (Å²) in [6, 6.07) is 11.1. The number of allylic oxidation sites excluding steroid dienone is 1. The van der Waals surface area contributed by atoms with E-state index < -0.39 is 11.8 Å². The number of carboxylic acids is 1. The zero-order chi connectivity index (χ0) is 19.9. The van der Waals surface area contributed by atoms with Crippen LogP contribution in [0.4, 0.5) is 0 Å². The molecule has 0 spiro atoms. The van der Waals surface area contributed by atoms with Crippen LogP contribution in [0.25, 0.3) is 6.08 Å². The monoisotopic (exact) mass is 380 g/mol. The van der Waals surface area contributed by atoms with Gasteiger partial charge in [0.05, 0.1) is 12.2 Å².